The van der Waals surface area contributed by atoms with Crippen molar-refractivity contribution in [3.63, 3.8) is 0 Å². The molecule has 0 saturated heterocycles. The lowest BCUT2D eigenvalue weighted by Crippen LogP contribution is -2.46. The summed E-state index contributed by atoms with van der Waals surface area (Å²) in [7, 11) is -3.27. The zero-order chi connectivity index (χ0) is 12.8. The third kappa shape index (κ3) is 8.00. The van der Waals surface area contributed by atoms with Gasteiger partial charge in [-0.05, 0) is 6.92 Å². The number of carbonyl (C=O) groups is 2. The maximum atomic E-state index is 11.0. The maximum Gasteiger partial charge on any atom is 0.325 e. The Balaban J connectivity index is 3.71. The Morgan fingerprint density at radius 1 is 1.31 bits per heavy atom. The molecule has 0 rings (SSSR count). The van der Waals surface area contributed by atoms with Crippen molar-refractivity contribution in [2.24, 2.45) is 0 Å². The molecular formula is C7H15N3O5S. The summed E-state index contributed by atoms with van der Waals surface area (Å²) in [6.07, 6.45) is 1.000. The third-order valence-corrected chi connectivity index (χ3v) is 2.22. The van der Waals surface area contributed by atoms with Crippen molar-refractivity contribution in [3.05, 3.63) is 0 Å². The summed E-state index contributed by atoms with van der Waals surface area (Å²) in [6.45, 7) is 1.44. The summed E-state index contributed by atoms with van der Waals surface area (Å²) in [5.74, 6) is -1.15. The van der Waals surface area contributed by atoms with Gasteiger partial charge in [-0.25, -0.2) is 17.9 Å². The van der Waals surface area contributed by atoms with E-state index in [2.05, 4.69) is 15.4 Å². The van der Waals surface area contributed by atoms with Crippen LogP contribution in [0.15, 0.2) is 0 Å². The first-order valence-electron chi connectivity index (χ1n) is 4.44. The lowest BCUT2D eigenvalue weighted by atomic mass is 10.3. The number of hydrogen-bond donors (Lipinski definition) is 4. The molecule has 0 heterocycles. The molecule has 0 aliphatic rings. The summed E-state index contributed by atoms with van der Waals surface area (Å²) >= 11 is 0. The highest BCUT2D eigenvalue weighted by molar-refractivity contribution is 7.88. The van der Waals surface area contributed by atoms with Crippen LogP contribution >= 0.6 is 0 Å². The molecule has 0 bridgehead atoms. The fraction of sp³-hybridized carbons (Fsp3) is 0.714. The minimum atomic E-state index is -3.27. The number of nitrogens with one attached hydrogen (secondary N) is 3. The van der Waals surface area contributed by atoms with Gasteiger partial charge in [-0.3, -0.25) is 4.79 Å². The van der Waals surface area contributed by atoms with Gasteiger partial charge in [-0.2, -0.15) is 0 Å². The van der Waals surface area contributed by atoms with Gasteiger partial charge in [0.25, 0.3) is 0 Å². The normalized spacial score (nSPS) is 12.9. The number of hydrogen-bond acceptors (Lipinski definition) is 4. The summed E-state index contributed by atoms with van der Waals surface area (Å²) in [5, 5.41) is 12.9. The minimum absolute atomic E-state index is 0.0493. The van der Waals surface area contributed by atoms with Crippen molar-refractivity contribution in [1.82, 2.24) is 15.4 Å². The molecule has 0 aromatic carbocycles. The van der Waals surface area contributed by atoms with Gasteiger partial charge in [0.15, 0.2) is 0 Å². The average Bonchev–Trinajstić information content (AvgIpc) is 2.10. The van der Waals surface area contributed by atoms with Gasteiger partial charge < -0.3 is 15.7 Å². The molecule has 94 valence electrons. The van der Waals surface area contributed by atoms with E-state index < -0.39 is 28.1 Å². The molecule has 16 heavy (non-hydrogen) atoms. The highest BCUT2D eigenvalue weighted by atomic mass is 32.2. The topological polar surface area (TPSA) is 125 Å². The van der Waals surface area contributed by atoms with Gasteiger partial charge in [0.05, 0.1) is 6.26 Å². The van der Waals surface area contributed by atoms with Gasteiger partial charge in [0.1, 0.15) is 6.04 Å². The van der Waals surface area contributed by atoms with Crippen LogP contribution in [0.4, 0.5) is 4.79 Å². The van der Waals surface area contributed by atoms with Crippen molar-refractivity contribution in [3.8, 4) is 0 Å². The van der Waals surface area contributed by atoms with E-state index in [-0.39, 0.29) is 13.1 Å². The highest BCUT2D eigenvalue weighted by Crippen LogP contribution is 1.80. The summed E-state index contributed by atoms with van der Waals surface area (Å²) in [6, 6.07) is -1.66. The van der Waals surface area contributed by atoms with E-state index in [9.17, 15) is 18.0 Å². The number of rotatable bonds is 6. The molecular weight excluding hydrogens is 238 g/mol. The van der Waals surface area contributed by atoms with E-state index in [0.717, 1.165) is 6.26 Å². The van der Waals surface area contributed by atoms with Gasteiger partial charge in [0.2, 0.25) is 10.0 Å². The Hall–Kier alpha value is -1.35. The van der Waals surface area contributed by atoms with E-state index in [1.54, 1.807) is 0 Å². The molecule has 1 unspecified atom stereocenters. The molecule has 0 saturated carbocycles. The molecule has 1 atom stereocenters. The van der Waals surface area contributed by atoms with Crippen LogP contribution in [0.1, 0.15) is 6.92 Å². The Kier molecular flexibility index (Phi) is 5.75. The number of sulfonamides is 1. The number of carboxylic acid groups (broad SMARTS) is 1. The Bertz CT molecular complexity index is 353. The van der Waals surface area contributed by atoms with Crippen molar-refractivity contribution in [1.29, 1.82) is 0 Å². The number of aliphatic carboxylic acids is 1. The van der Waals surface area contributed by atoms with Gasteiger partial charge in [-0.15, -0.1) is 0 Å². The zero-order valence-electron chi connectivity index (χ0n) is 8.98. The minimum Gasteiger partial charge on any atom is -0.480 e. The smallest absolute Gasteiger partial charge is 0.325 e. The maximum absolute atomic E-state index is 11.0. The number of carboxylic acids is 1. The van der Waals surface area contributed by atoms with Crippen LogP contribution in [0.25, 0.3) is 0 Å². The van der Waals surface area contributed by atoms with Crippen LogP contribution in [0.2, 0.25) is 0 Å². The Labute approximate surface area is 93.5 Å². The lowest BCUT2D eigenvalue weighted by Gasteiger charge is -2.10. The molecule has 0 aliphatic carbocycles. The number of amides is 2. The predicted molar refractivity (Wildman–Crippen MR) is 56.5 cm³/mol. The summed E-state index contributed by atoms with van der Waals surface area (Å²) < 4.78 is 23.4. The lowest BCUT2D eigenvalue weighted by molar-refractivity contribution is -0.138. The predicted octanol–water partition coefficient (Wildman–Crippen LogP) is -1.69. The Morgan fingerprint density at radius 3 is 2.31 bits per heavy atom. The van der Waals surface area contributed by atoms with Crippen LogP contribution in [0, 0.1) is 0 Å². The zero-order valence-corrected chi connectivity index (χ0v) is 9.80. The van der Waals surface area contributed by atoms with Crippen molar-refractivity contribution in [2.75, 3.05) is 19.3 Å². The largest absolute Gasteiger partial charge is 0.480 e. The van der Waals surface area contributed by atoms with Crippen LogP contribution in [0.5, 0.6) is 0 Å². The molecule has 4 N–H and O–H groups in total. The molecule has 0 aromatic rings. The fourth-order valence-corrected chi connectivity index (χ4v) is 1.19. The first-order valence-corrected chi connectivity index (χ1v) is 6.33. The van der Waals surface area contributed by atoms with Crippen LogP contribution in [0.3, 0.4) is 0 Å². The first kappa shape index (κ1) is 14.6. The van der Waals surface area contributed by atoms with Crippen molar-refractivity contribution >= 4 is 22.0 Å². The monoisotopic (exact) mass is 253 g/mol. The van der Waals surface area contributed by atoms with Crippen molar-refractivity contribution in [2.45, 2.75) is 13.0 Å². The van der Waals surface area contributed by atoms with Gasteiger partial charge >= 0.3 is 12.0 Å². The molecule has 0 spiro atoms. The third-order valence-electron chi connectivity index (χ3n) is 1.49. The molecule has 0 fully saturated rings. The van der Waals surface area contributed by atoms with E-state index in [1.807, 2.05) is 0 Å². The standard InChI is InChI=1S/C7H15N3O5S/c1-5(6(11)12)10-7(13)8-3-4-9-16(2,14)15/h5,9H,3-4H2,1-2H3,(H,11,12)(H2,8,10,13). The molecule has 8 nitrogen and oxygen atoms in total. The first-order chi connectivity index (χ1) is 7.22. The van der Waals surface area contributed by atoms with Crippen LogP contribution < -0.4 is 15.4 Å². The van der Waals surface area contributed by atoms with E-state index in [1.165, 1.54) is 6.92 Å². The second-order valence-electron chi connectivity index (χ2n) is 3.13. The fourth-order valence-electron chi connectivity index (χ4n) is 0.722. The summed E-state index contributed by atoms with van der Waals surface area (Å²) in [5.41, 5.74) is 0. The molecule has 0 aromatic heterocycles. The van der Waals surface area contributed by atoms with Gasteiger partial charge in [-0.1, -0.05) is 0 Å². The van der Waals surface area contributed by atoms with E-state index in [0.29, 0.717) is 0 Å². The van der Waals surface area contributed by atoms with E-state index >= 15 is 0 Å². The van der Waals surface area contributed by atoms with Gasteiger partial charge in [0, 0.05) is 13.1 Å². The quantitative estimate of drug-likeness (QED) is 0.420. The molecule has 0 radical (unpaired) electrons. The molecule has 2 amide bonds. The SMILES string of the molecule is CC(NC(=O)NCCNS(C)(=O)=O)C(=O)O. The highest BCUT2D eigenvalue weighted by Gasteiger charge is 2.12. The number of urea groups is 1. The Morgan fingerprint density at radius 2 is 1.88 bits per heavy atom. The second-order valence-corrected chi connectivity index (χ2v) is 4.96. The van der Waals surface area contributed by atoms with Crippen molar-refractivity contribution < 1.29 is 23.1 Å². The molecule has 9 heteroatoms. The van der Waals surface area contributed by atoms with Crippen LogP contribution in [-0.4, -0.2) is 50.9 Å². The average molecular weight is 253 g/mol. The second kappa shape index (κ2) is 6.28. The molecule has 0 aliphatic heterocycles. The van der Waals surface area contributed by atoms with Crippen LogP contribution in [-0.2, 0) is 14.8 Å². The van der Waals surface area contributed by atoms with E-state index in [4.69, 9.17) is 5.11 Å². The summed E-state index contributed by atoms with van der Waals surface area (Å²) in [4.78, 5) is 21.4. The number of carbonyl (C=O) groups excluding carboxylic acids is 1.